The summed E-state index contributed by atoms with van der Waals surface area (Å²) < 4.78 is 13.0. The molecule has 0 unspecified atom stereocenters. The van der Waals surface area contributed by atoms with Crippen LogP contribution in [0.25, 0.3) is 0 Å². The number of amides is 1. The third-order valence-corrected chi connectivity index (χ3v) is 3.13. The Balaban J connectivity index is 2.01. The van der Waals surface area contributed by atoms with E-state index in [4.69, 9.17) is 0 Å². The average molecular weight is 237 g/mol. The molecule has 1 fully saturated rings. The highest BCUT2D eigenvalue weighted by molar-refractivity contribution is 5.94. The van der Waals surface area contributed by atoms with Crippen LogP contribution in [0, 0.1) is 5.82 Å². The molecule has 1 aliphatic carbocycles. The number of carbonyl (C=O) groups is 1. The molecular formula is C13H16FNO2. The van der Waals surface area contributed by atoms with Gasteiger partial charge in [0.25, 0.3) is 5.91 Å². The van der Waals surface area contributed by atoms with Gasteiger partial charge in [-0.05, 0) is 31.0 Å². The fourth-order valence-electron chi connectivity index (χ4n) is 2.16. The van der Waals surface area contributed by atoms with E-state index in [1.807, 2.05) is 0 Å². The third kappa shape index (κ3) is 3.03. The number of rotatable bonds is 2. The molecule has 92 valence electrons. The van der Waals surface area contributed by atoms with Crippen LogP contribution in [0.4, 0.5) is 4.39 Å². The molecule has 1 aliphatic rings. The van der Waals surface area contributed by atoms with Crippen molar-refractivity contribution in [3.63, 3.8) is 0 Å². The third-order valence-electron chi connectivity index (χ3n) is 3.13. The van der Waals surface area contributed by atoms with E-state index in [0.717, 1.165) is 19.3 Å². The van der Waals surface area contributed by atoms with Gasteiger partial charge in [0.15, 0.2) is 0 Å². The number of benzene rings is 1. The molecule has 0 aromatic heterocycles. The number of hydrogen-bond acceptors (Lipinski definition) is 2. The summed E-state index contributed by atoms with van der Waals surface area (Å²) in [6, 6.07) is 5.35. The van der Waals surface area contributed by atoms with Crippen molar-refractivity contribution in [1.82, 2.24) is 5.32 Å². The number of carbonyl (C=O) groups excluding carboxylic acids is 1. The molecule has 2 N–H and O–H groups in total. The zero-order chi connectivity index (χ0) is 12.3. The van der Waals surface area contributed by atoms with Crippen molar-refractivity contribution < 1.29 is 14.3 Å². The summed E-state index contributed by atoms with van der Waals surface area (Å²) >= 11 is 0. The van der Waals surface area contributed by atoms with Crippen molar-refractivity contribution in [1.29, 1.82) is 0 Å². The highest BCUT2D eigenvalue weighted by Gasteiger charge is 2.24. The van der Waals surface area contributed by atoms with Crippen LogP contribution in [0.2, 0.25) is 0 Å². The maximum atomic E-state index is 13.0. The van der Waals surface area contributed by atoms with Crippen LogP contribution < -0.4 is 5.32 Å². The maximum Gasteiger partial charge on any atom is 0.251 e. The van der Waals surface area contributed by atoms with Crippen molar-refractivity contribution in [2.45, 2.75) is 37.8 Å². The Bertz CT molecular complexity index is 408. The van der Waals surface area contributed by atoms with E-state index in [0.29, 0.717) is 12.0 Å². The summed E-state index contributed by atoms with van der Waals surface area (Å²) in [5, 5.41) is 12.5. The highest BCUT2D eigenvalue weighted by atomic mass is 19.1. The van der Waals surface area contributed by atoms with Crippen LogP contribution in [0.3, 0.4) is 0 Å². The molecule has 0 heterocycles. The fourth-order valence-corrected chi connectivity index (χ4v) is 2.16. The van der Waals surface area contributed by atoms with Gasteiger partial charge in [-0.1, -0.05) is 18.9 Å². The van der Waals surface area contributed by atoms with Gasteiger partial charge in [0.2, 0.25) is 0 Å². The van der Waals surface area contributed by atoms with Gasteiger partial charge in [0, 0.05) is 5.56 Å². The van der Waals surface area contributed by atoms with Crippen LogP contribution in [0.1, 0.15) is 36.0 Å². The van der Waals surface area contributed by atoms with Crippen molar-refractivity contribution >= 4 is 5.91 Å². The molecular weight excluding hydrogens is 221 g/mol. The van der Waals surface area contributed by atoms with Gasteiger partial charge in [0.05, 0.1) is 12.1 Å². The number of aliphatic hydroxyl groups is 1. The first-order chi connectivity index (χ1) is 8.16. The zero-order valence-corrected chi connectivity index (χ0v) is 9.53. The van der Waals surface area contributed by atoms with Crippen LogP contribution in [0.15, 0.2) is 24.3 Å². The average Bonchev–Trinajstić information content (AvgIpc) is 2.32. The number of hydrogen-bond donors (Lipinski definition) is 2. The molecule has 1 saturated carbocycles. The summed E-state index contributed by atoms with van der Waals surface area (Å²) in [6.45, 7) is 0. The molecule has 17 heavy (non-hydrogen) atoms. The number of aliphatic hydroxyl groups excluding tert-OH is 1. The monoisotopic (exact) mass is 237 g/mol. The van der Waals surface area contributed by atoms with E-state index in [1.54, 1.807) is 6.07 Å². The van der Waals surface area contributed by atoms with Gasteiger partial charge in [0.1, 0.15) is 5.82 Å². The molecule has 0 radical (unpaired) electrons. The number of halogens is 1. The second kappa shape index (κ2) is 5.27. The molecule has 2 atom stereocenters. The van der Waals surface area contributed by atoms with Crippen molar-refractivity contribution in [2.75, 3.05) is 0 Å². The van der Waals surface area contributed by atoms with E-state index in [-0.39, 0.29) is 11.9 Å². The molecule has 4 heteroatoms. The van der Waals surface area contributed by atoms with Gasteiger partial charge in [-0.2, -0.15) is 0 Å². The van der Waals surface area contributed by atoms with Crippen LogP contribution in [0.5, 0.6) is 0 Å². The van der Waals surface area contributed by atoms with Gasteiger partial charge in [-0.25, -0.2) is 4.39 Å². The second-order valence-corrected chi connectivity index (χ2v) is 4.44. The summed E-state index contributed by atoms with van der Waals surface area (Å²) in [6.07, 6.45) is 3.01. The normalized spacial score (nSPS) is 24.4. The first-order valence-electron chi connectivity index (χ1n) is 5.91. The molecule has 1 aromatic carbocycles. The smallest absolute Gasteiger partial charge is 0.251 e. The van der Waals surface area contributed by atoms with Crippen LogP contribution >= 0.6 is 0 Å². The van der Waals surface area contributed by atoms with E-state index < -0.39 is 11.9 Å². The quantitative estimate of drug-likeness (QED) is 0.824. The van der Waals surface area contributed by atoms with Crippen molar-refractivity contribution in [3.05, 3.63) is 35.6 Å². The Morgan fingerprint density at radius 3 is 2.82 bits per heavy atom. The summed E-state index contributed by atoms with van der Waals surface area (Å²) in [5.41, 5.74) is 0.294. The minimum Gasteiger partial charge on any atom is -0.391 e. The standard InChI is InChI=1S/C13H16FNO2/c14-10-5-3-4-9(8-10)13(17)15-11-6-1-2-7-12(11)16/h3-5,8,11-12,16H,1-2,6-7H2,(H,15,17)/t11-,12-/m0/s1. The first kappa shape index (κ1) is 12.0. The van der Waals surface area contributed by atoms with E-state index in [2.05, 4.69) is 5.32 Å². The summed E-state index contributed by atoms with van der Waals surface area (Å²) in [5.74, 6) is -0.753. The lowest BCUT2D eigenvalue weighted by Crippen LogP contribution is -2.45. The predicted molar refractivity (Wildman–Crippen MR) is 62.1 cm³/mol. The van der Waals surface area contributed by atoms with Crippen molar-refractivity contribution in [2.24, 2.45) is 0 Å². The topological polar surface area (TPSA) is 49.3 Å². The number of nitrogens with one attached hydrogen (secondary N) is 1. The second-order valence-electron chi connectivity index (χ2n) is 4.44. The van der Waals surface area contributed by atoms with E-state index in [1.165, 1.54) is 18.2 Å². The summed E-state index contributed by atoms with van der Waals surface area (Å²) in [4.78, 5) is 11.8. The Morgan fingerprint density at radius 1 is 1.35 bits per heavy atom. The first-order valence-corrected chi connectivity index (χ1v) is 5.91. The van der Waals surface area contributed by atoms with Crippen LogP contribution in [-0.4, -0.2) is 23.2 Å². The molecule has 1 amide bonds. The molecule has 3 nitrogen and oxygen atoms in total. The maximum absolute atomic E-state index is 13.0. The molecule has 0 spiro atoms. The molecule has 0 saturated heterocycles. The molecule has 0 aliphatic heterocycles. The van der Waals surface area contributed by atoms with Crippen LogP contribution in [-0.2, 0) is 0 Å². The van der Waals surface area contributed by atoms with E-state index in [9.17, 15) is 14.3 Å². The largest absolute Gasteiger partial charge is 0.391 e. The van der Waals surface area contributed by atoms with Gasteiger partial charge < -0.3 is 10.4 Å². The minimum absolute atomic E-state index is 0.209. The van der Waals surface area contributed by atoms with Gasteiger partial charge >= 0.3 is 0 Å². The Labute approximate surface area is 99.7 Å². The predicted octanol–water partition coefficient (Wildman–Crippen LogP) is 1.86. The van der Waals surface area contributed by atoms with E-state index >= 15 is 0 Å². The zero-order valence-electron chi connectivity index (χ0n) is 9.53. The molecule has 0 bridgehead atoms. The molecule has 1 aromatic rings. The van der Waals surface area contributed by atoms with Crippen molar-refractivity contribution in [3.8, 4) is 0 Å². The Hall–Kier alpha value is -1.42. The highest BCUT2D eigenvalue weighted by Crippen LogP contribution is 2.18. The SMILES string of the molecule is O=C(N[C@H]1CCCC[C@@H]1O)c1cccc(F)c1. The lowest BCUT2D eigenvalue weighted by Gasteiger charge is -2.28. The van der Waals surface area contributed by atoms with Gasteiger partial charge in [-0.15, -0.1) is 0 Å². The lowest BCUT2D eigenvalue weighted by molar-refractivity contribution is 0.0717. The Kier molecular flexibility index (Phi) is 3.74. The Morgan fingerprint density at radius 2 is 2.12 bits per heavy atom. The minimum atomic E-state index is -0.485. The fraction of sp³-hybridized carbons (Fsp3) is 0.462. The van der Waals surface area contributed by atoms with Gasteiger partial charge in [-0.3, -0.25) is 4.79 Å². The summed E-state index contributed by atoms with van der Waals surface area (Å²) in [7, 11) is 0. The lowest BCUT2D eigenvalue weighted by atomic mass is 9.92. The molecule has 2 rings (SSSR count).